The van der Waals surface area contributed by atoms with Crippen molar-refractivity contribution in [1.29, 1.82) is 0 Å². The summed E-state index contributed by atoms with van der Waals surface area (Å²) in [5.74, 6) is 0.271. The molecule has 5 heteroatoms. The summed E-state index contributed by atoms with van der Waals surface area (Å²) in [5, 5.41) is 24.5. The number of aromatic nitrogens is 2. The van der Waals surface area contributed by atoms with Crippen LogP contribution in [0, 0.1) is 27.7 Å². The molecule has 0 unspecified atom stereocenters. The number of phenols is 2. The lowest BCUT2D eigenvalue weighted by Gasteiger charge is -2.22. The van der Waals surface area contributed by atoms with Crippen molar-refractivity contribution >= 4 is 21.9 Å². The summed E-state index contributed by atoms with van der Waals surface area (Å²) in [7, 11) is 0. The zero-order valence-electron chi connectivity index (χ0n) is 31.2. The molecule has 5 nitrogen and oxygen atoms in total. The van der Waals surface area contributed by atoms with E-state index < -0.39 is 0 Å². The first kappa shape index (κ1) is 33.9. The molecule has 0 aliphatic heterocycles. The van der Waals surface area contributed by atoms with E-state index in [1.807, 2.05) is 66.7 Å². The summed E-state index contributed by atoms with van der Waals surface area (Å²) in [6, 6.07) is 37.9. The Balaban J connectivity index is 1.28. The fourth-order valence-corrected chi connectivity index (χ4v) is 7.65. The van der Waals surface area contributed by atoms with Gasteiger partial charge in [0.25, 0.3) is 0 Å². The molecule has 2 N–H and O–H groups in total. The highest BCUT2D eigenvalue weighted by Crippen LogP contribution is 2.41. The SMILES string of the molecule is Cc1cccc(C)c1-c1cc(-c2cccc(-c3cc(-c4c(C)cc(C(C)(C)C)cc4C)ccc3O)n2)nc(-c2cc3oc4ccccc4c3cc2O)c1. The quantitative estimate of drug-likeness (QED) is 0.187. The molecular formula is C48H42N2O3. The van der Waals surface area contributed by atoms with Crippen LogP contribution in [0.15, 0.2) is 120 Å². The molecule has 0 saturated carbocycles. The molecule has 0 spiro atoms. The summed E-state index contributed by atoms with van der Waals surface area (Å²) in [6.45, 7) is 15.2. The minimum atomic E-state index is 0.0422. The molecule has 0 fully saturated rings. The van der Waals surface area contributed by atoms with Gasteiger partial charge in [-0.2, -0.15) is 0 Å². The largest absolute Gasteiger partial charge is 0.507 e. The minimum absolute atomic E-state index is 0.0422. The molecule has 8 rings (SSSR count). The molecule has 262 valence electrons. The van der Waals surface area contributed by atoms with E-state index in [-0.39, 0.29) is 16.9 Å². The second-order valence-corrected chi connectivity index (χ2v) is 15.2. The molecule has 0 bridgehead atoms. The Bertz CT molecular complexity index is 2690. The number of aromatic hydroxyl groups is 2. The number of para-hydroxylation sites is 1. The van der Waals surface area contributed by atoms with Crippen molar-refractivity contribution in [3.63, 3.8) is 0 Å². The fourth-order valence-electron chi connectivity index (χ4n) is 7.65. The standard InChI is InChI=1S/C48H42N2O3/c1-27-12-10-13-28(2)46(27)32-23-40(37-26-45-35(25-43(37)52)34-14-8-9-17-44(34)53-45)50-41(24-32)39-16-11-15-38(49-39)36-22-31(18-19-42(36)51)47-29(3)20-33(21-30(47)4)48(5,6)7/h8-26,51-52H,1-7H3. The van der Waals surface area contributed by atoms with Gasteiger partial charge in [0.15, 0.2) is 0 Å². The van der Waals surface area contributed by atoms with E-state index in [4.69, 9.17) is 14.4 Å². The number of furan rings is 1. The van der Waals surface area contributed by atoms with Gasteiger partial charge >= 0.3 is 0 Å². The Kier molecular flexibility index (Phi) is 8.18. The molecule has 3 aromatic heterocycles. The third-order valence-electron chi connectivity index (χ3n) is 10.3. The molecule has 8 aromatic rings. The Morgan fingerprint density at radius 2 is 1.09 bits per heavy atom. The van der Waals surface area contributed by atoms with E-state index in [1.165, 1.54) is 16.7 Å². The van der Waals surface area contributed by atoms with Crippen molar-refractivity contribution in [3.05, 3.63) is 143 Å². The number of benzene rings is 5. The van der Waals surface area contributed by atoms with E-state index in [1.54, 1.807) is 12.1 Å². The number of aryl methyl sites for hydroxylation is 4. The topological polar surface area (TPSA) is 79.4 Å². The molecule has 0 amide bonds. The monoisotopic (exact) mass is 694 g/mol. The Labute approximate surface area is 310 Å². The molecule has 53 heavy (non-hydrogen) atoms. The van der Waals surface area contributed by atoms with Crippen LogP contribution in [0.2, 0.25) is 0 Å². The average Bonchev–Trinajstić information content (AvgIpc) is 3.48. The van der Waals surface area contributed by atoms with Crippen molar-refractivity contribution < 1.29 is 14.6 Å². The lowest BCUT2D eigenvalue weighted by Crippen LogP contribution is -2.12. The zero-order chi connectivity index (χ0) is 37.2. The van der Waals surface area contributed by atoms with Crippen LogP contribution in [0.1, 0.15) is 48.6 Å². The average molecular weight is 695 g/mol. The first-order chi connectivity index (χ1) is 25.4. The predicted molar refractivity (Wildman–Crippen MR) is 217 cm³/mol. The molecule has 0 atom stereocenters. The van der Waals surface area contributed by atoms with Gasteiger partial charge in [0.1, 0.15) is 22.7 Å². The maximum Gasteiger partial charge on any atom is 0.136 e. The van der Waals surface area contributed by atoms with Crippen LogP contribution >= 0.6 is 0 Å². The summed E-state index contributed by atoms with van der Waals surface area (Å²) in [6.07, 6.45) is 0. The second kappa shape index (κ2) is 12.8. The fraction of sp³-hybridized carbons (Fsp3) is 0.167. The van der Waals surface area contributed by atoms with Crippen LogP contribution in [-0.4, -0.2) is 20.2 Å². The Morgan fingerprint density at radius 1 is 0.472 bits per heavy atom. The van der Waals surface area contributed by atoms with Crippen molar-refractivity contribution in [2.24, 2.45) is 0 Å². The number of rotatable bonds is 5. The third kappa shape index (κ3) is 6.12. The summed E-state index contributed by atoms with van der Waals surface area (Å²) >= 11 is 0. The van der Waals surface area contributed by atoms with Gasteiger partial charge in [-0.25, -0.2) is 9.97 Å². The van der Waals surface area contributed by atoms with Crippen LogP contribution in [0.25, 0.3) is 78.1 Å². The maximum absolute atomic E-state index is 11.5. The van der Waals surface area contributed by atoms with Crippen LogP contribution in [0.3, 0.4) is 0 Å². The van der Waals surface area contributed by atoms with Gasteiger partial charge in [0, 0.05) is 21.9 Å². The number of hydrogen-bond donors (Lipinski definition) is 2. The number of phenolic OH excluding ortho intramolecular Hbond substituents is 2. The zero-order valence-corrected chi connectivity index (χ0v) is 31.2. The molecule has 5 aromatic carbocycles. The van der Waals surface area contributed by atoms with Crippen molar-refractivity contribution in [2.45, 2.75) is 53.9 Å². The lowest BCUT2D eigenvalue weighted by atomic mass is 9.82. The highest BCUT2D eigenvalue weighted by atomic mass is 16.3. The van der Waals surface area contributed by atoms with E-state index in [0.717, 1.165) is 49.7 Å². The molecule has 3 heterocycles. The number of hydrogen-bond acceptors (Lipinski definition) is 5. The molecule has 0 saturated heterocycles. The van der Waals surface area contributed by atoms with E-state index in [0.29, 0.717) is 39.5 Å². The number of fused-ring (bicyclic) bond motifs is 3. The van der Waals surface area contributed by atoms with Crippen molar-refractivity contribution in [2.75, 3.05) is 0 Å². The molecule has 0 aliphatic carbocycles. The molecule has 0 aliphatic rings. The molecule has 0 radical (unpaired) electrons. The van der Waals surface area contributed by atoms with Gasteiger partial charge in [-0.05, 0) is 138 Å². The van der Waals surface area contributed by atoms with Gasteiger partial charge in [-0.1, -0.05) is 81.4 Å². The van der Waals surface area contributed by atoms with E-state index >= 15 is 0 Å². The van der Waals surface area contributed by atoms with Crippen molar-refractivity contribution in [1.82, 2.24) is 9.97 Å². The predicted octanol–water partition coefficient (Wildman–Crippen LogP) is 12.7. The van der Waals surface area contributed by atoms with Crippen LogP contribution < -0.4 is 0 Å². The van der Waals surface area contributed by atoms with Crippen LogP contribution in [-0.2, 0) is 5.41 Å². The lowest BCUT2D eigenvalue weighted by molar-refractivity contribution is 0.477. The van der Waals surface area contributed by atoms with Gasteiger partial charge < -0.3 is 14.6 Å². The third-order valence-corrected chi connectivity index (χ3v) is 10.3. The summed E-state index contributed by atoms with van der Waals surface area (Å²) in [4.78, 5) is 10.2. The van der Waals surface area contributed by atoms with Crippen LogP contribution in [0.4, 0.5) is 0 Å². The highest BCUT2D eigenvalue weighted by molar-refractivity contribution is 6.07. The minimum Gasteiger partial charge on any atom is -0.507 e. The number of nitrogens with zero attached hydrogens (tertiary/aromatic N) is 2. The van der Waals surface area contributed by atoms with E-state index in [2.05, 4.69) is 84.9 Å². The Morgan fingerprint density at radius 3 is 1.83 bits per heavy atom. The normalized spacial score (nSPS) is 11.8. The van der Waals surface area contributed by atoms with Gasteiger partial charge in [0.05, 0.1) is 22.8 Å². The Hall–Kier alpha value is -6.20. The van der Waals surface area contributed by atoms with Crippen LogP contribution in [0.5, 0.6) is 11.5 Å². The first-order valence-electron chi connectivity index (χ1n) is 18.0. The van der Waals surface area contributed by atoms with Gasteiger partial charge in [-0.3, -0.25) is 0 Å². The second-order valence-electron chi connectivity index (χ2n) is 15.2. The summed E-state index contributed by atoms with van der Waals surface area (Å²) in [5.41, 5.74) is 15.4. The maximum atomic E-state index is 11.5. The smallest absolute Gasteiger partial charge is 0.136 e. The first-order valence-corrected chi connectivity index (χ1v) is 18.0. The van der Waals surface area contributed by atoms with Crippen molar-refractivity contribution in [3.8, 4) is 67.7 Å². The van der Waals surface area contributed by atoms with Gasteiger partial charge in [0.2, 0.25) is 0 Å². The summed E-state index contributed by atoms with van der Waals surface area (Å²) < 4.78 is 6.22. The number of pyridine rings is 2. The van der Waals surface area contributed by atoms with Gasteiger partial charge in [-0.15, -0.1) is 0 Å². The van der Waals surface area contributed by atoms with E-state index in [9.17, 15) is 10.2 Å². The molecular weight excluding hydrogens is 653 g/mol. The highest BCUT2D eigenvalue weighted by Gasteiger charge is 2.20.